The number of thioether (sulfide) groups is 1. The SMILES string of the molecule is COc1cccc(CNC(=O)c2ccccc2SCC(=O)N(C)C)c1. The van der Waals surface area contributed by atoms with Crippen molar-refractivity contribution < 1.29 is 14.3 Å². The molecule has 0 radical (unpaired) electrons. The minimum absolute atomic E-state index is 0.0107. The molecule has 0 bridgehead atoms. The predicted octanol–water partition coefficient (Wildman–Crippen LogP) is 2.81. The number of benzene rings is 2. The summed E-state index contributed by atoms with van der Waals surface area (Å²) >= 11 is 1.37. The van der Waals surface area contributed by atoms with Gasteiger partial charge in [-0.15, -0.1) is 11.8 Å². The number of carbonyl (C=O) groups is 2. The molecule has 2 aromatic carbocycles. The first-order valence-electron chi connectivity index (χ1n) is 7.84. The van der Waals surface area contributed by atoms with Crippen LogP contribution < -0.4 is 10.1 Å². The second-order valence-corrected chi connectivity index (χ2v) is 6.62. The van der Waals surface area contributed by atoms with Crippen molar-refractivity contribution in [1.82, 2.24) is 10.2 Å². The van der Waals surface area contributed by atoms with Gasteiger partial charge in [-0.2, -0.15) is 0 Å². The summed E-state index contributed by atoms with van der Waals surface area (Å²) in [6.45, 7) is 0.408. The van der Waals surface area contributed by atoms with Gasteiger partial charge in [-0.1, -0.05) is 24.3 Å². The highest BCUT2D eigenvalue weighted by molar-refractivity contribution is 8.00. The number of methoxy groups -OCH3 is 1. The molecular formula is C19H22N2O3S. The van der Waals surface area contributed by atoms with E-state index in [-0.39, 0.29) is 11.8 Å². The van der Waals surface area contributed by atoms with Crippen LogP contribution in [-0.4, -0.2) is 43.7 Å². The Morgan fingerprint density at radius 1 is 1.12 bits per heavy atom. The standard InChI is InChI=1S/C19H22N2O3S/c1-21(2)18(22)13-25-17-10-5-4-9-16(17)19(23)20-12-14-7-6-8-15(11-14)24-3/h4-11H,12-13H2,1-3H3,(H,20,23). The molecule has 6 heteroatoms. The quantitative estimate of drug-likeness (QED) is 0.773. The van der Waals surface area contributed by atoms with Crippen LogP contribution in [0.1, 0.15) is 15.9 Å². The van der Waals surface area contributed by atoms with E-state index in [9.17, 15) is 9.59 Å². The Balaban J connectivity index is 2.02. The van der Waals surface area contributed by atoms with Crippen LogP contribution >= 0.6 is 11.8 Å². The molecule has 0 saturated heterocycles. The first-order chi connectivity index (χ1) is 12.0. The summed E-state index contributed by atoms with van der Waals surface area (Å²) in [5.41, 5.74) is 1.53. The first kappa shape index (κ1) is 18.9. The zero-order valence-corrected chi connectivity index (χ0v) is 15.4. The van der Waals surface area contributed by atoms with Crippen LogP contribution in [0.25, 0.3) is 0 Å². The van der Waals surface area contributed by atoms with E-state index in [2.05, 4.69) is 5.32 Å². The third-order valence-corrected chi connectivity index (χ3v) is 4.63. The topological polar surface area (TPSA) is 58.6 Å². The molecule has 2 amide bonds. The average Bonchev–Trinajstić information content (AvgIpc) is 2.64. The van der Waals surface area contributed by atoms with Crippen LogP contribution in [0.15, 0.2) is 53.4 Å². The number of hydrogen-bond acceptors (Lipinski definition) is 4. The van der Waals surface area contributed by atoms with Crippen molar-refractivity contribution in [3.05, 3.63) is 59.7 Å². The fraction of sp³-hybridized carbons (Fsp3) is 0.263. The summed E-state index contributed by atoms with van der Waals surface area (Å²) in [5, 5.41) is 2.91. The maximum atomic E-state index is 12.5. The van der Waals surface area contributed by atoms with E-state index < -0.39 is 0 Å². The largest absolute Gasteiger partial charge is 0.497 e. The molecule has 2 aromatic rings. The summed E-state index contributed by atoms with van der Waals surface area (Å²) in [5.74, 6) is 0.900. The minimum Gasteiger partial charge on any atom is -0.497 e. The summed E-state index contributed by atoms with van der Waals surface area (Å²) in [6.07, 6.45) is 0. The normalized spacial score (nSPS) is 10.2. The van der Waals surface area contributed by atoms with E-state index in [4.69, 9.17) is 4.74 Å². The number of nitrogens with zero attached hydrogens (tertiary/aromatic N) is 1. The van der Waals surface area contributed by atoms with Crippen LogP contribution in [0.3, 0.4) is 0 Å². The maximum absolute atomic E-state index is 12.5. The van der Waals surface area contributed by atoms with E-state index in [1.807, 2.05) is 42.5 Å². The molecule has 1 N–H and O–H groups in total. The molecule has 2 rings (SSSR count). The fourth-order valence-electron chi connectivity index (χ4n) is 2.11. The van der Waals surface area contributed by atoms with Gasteiger partial charge in [0.05, 0.1) is 18.4 Å². The Morgan fingerprint density at radius 2 is 1.88 bits per heavy atom. The van der Waals surface area contributed by atoms with E-state index in [1.165, 1.54) is 11.8 Å². The smallest absolute Gasteiger partial charge is 0.252 e. The van der Waals surface area contributed by atoms with Crippen LogP contribution in [0.4, 0.5) is 0 Å². The summed E-state index contributed by atoms with van der Waals surface area (Å²) in [7, 11) is 5.05. The van der Waals surface area contributed by atoms with Gasteiger partial charge in [-0.25, -0.2) is 0 Å². The van der Waals surface area contributed by atoms with Crippen molar-refractivity contribution in [2.24, 2.45) is 0 Å². The predicted molar refractivity (Wildman–Crippen MR) is 100 cm³/mol. The van der Waals surface area contributed by atoms with E-state index in [1.54, 1.807) is 32.2 Å². The molecule has 0 spiro atoms. The maximum Gasteiger partial charge on any atom is 0.252 e. The Bertz CT molecular complexity index is 747. The van der Waals surface area contributed by atoms with Crippen molar-refractivity contribution in [2.75, 3.05) is 27.0 Å². The lowest BCUT2D eigenvalue weighted by molar-refractivity contribution is -0.125. The van der Waals surface area contributed by atoms with Crippen LogP contribution in [0, 0.1) is 0 Å². The van der Waals surface area contributed by atoms with Crippen molar-refractivity contribution in [3.8, 4) is 5.75 Å². The highest BCUT2D eigenvalue weighted by Crippen LogP contribution is 2.23. The van der Waals surface area contributed by atoms with Gasteiger partial charge in [-0.3, -0.25) is 9.59 Å². The molecule has 5 nitrogen and oxygen atoms in total. The van der Waals surface area contributed by atoms with Crippen molar-refractivity contribution in [3.63, 3.8) is 0 Å². The number of rotatable bonds is 7. The van der Waals surface area contributed by atoms with E-state index >= 15 is 0 Å². The van der Waals surface area contributed by atoms with Crippen LogP contribution in [0.5, 0.6) is 5.75 Å². The Hall–Kier alpha value is -2.47. The lowest BCUT2D eigenvalue weighted by Gasteiger charge is -2.12. The van der Waals surface area contributed by atoms with Gasteiger partial charge >= 0.3 is 0 Å². The molecule has 0 aromatic heterocycles. The second-order valence-electron chi connectivity index (χ2n) is 5.61. The third kappa shape index (κ3) is 5.53. The minimum atomic E-state index is -0.164. The van der Waals surface area contributed by atoms with Gasteiger partial charge in [0.2, 0.25) is 5.91 Å². The number of nitrogens with one attached hydrogen (secondary N) is 1. The molecule has 0 fully saturated rings. The lowest BCUT2D eigenvalue weighted by atomic mass is 10.2. The lowest BCUT2D eigenvalue weighted by Crippen LogP contribution is -2.25. The van der Waals surface area contributed by atoms with Gasteiger partial charge in [0.25, 0.3) is 5.91 Å². The van der Waals surface area contributed by atoms with Crippen LogP contribution in [0.2, 0.25) is 0 Å². The molecule has 25 heavy (non-hydrogen) atoms. The van der Waals surface area contributed by atoms with Crippen molar-refractivity contribution in [2.45, 2.75) is 11.4 Å². The molecular weight excluding hydrogens is 336 g/mol. The van der Waals surface area contributed by atoms with Crippen LogP contribution in [-0.2, 0) is 11.3 Å². The number of amides is 2. The van der Waals surface area contributed by atoms with E-state index in [0.717, 1.165) is 16.2 Å². The van der Waals surface area contributed by atoms with Gasteiger partial charge in [-0.05, 0) is 29.8 Å². The fourth-order valence-corrected chi connectivity index (χ4v) is 3.14. The third-order valence-electron chi connectivity index (χ3n) is 3.57. The molecule has 0 unspecified atom stereocenters. The highest BCUT2D eigenvalue weighted by Gasteiger charge is 2.13. The Morgan fingerprint density at radius 3 is 2.60 bits per heavy atom. The van der Waals surface area contributed by atoms with Crippen molar-refractivity contribution in [1.29, 1.82) is 0 Å². The van der Waals surface area contributed by atoms with E-state index in [0.29, 0.717) is 17.9 Å². The Kier molecular flexibility index (Phi) is 6.89. The molecule has 132 valence electrons. The highest BCUT2D eigenvalue weighted by atomic mass is 32.2. The first-order valence-corrected chi connectivity index (χ1v) is 8.83. The number of carbonyl (C=O) groups excluding carboxylic acids is 2. The summed E-state index contributed by atoms with van der Waals surface area (Å²) in [4.78, 5) is 26.6. The zero-order valence-electron chi connectivity index (χ0n) is 14.6. The Labute approximate surface area is 152 Å². The molecule has 0 saturated carbocycles. The summed E-state index contributed by atoms with van der Waals surface area (Å²) in [6, 6.07) is 14.9. The van der Waals surface area contributed by atoms with Gasteiger partial charge in [0, 0.05) is 25.5 Å². The molecule has 0 atom stereocenters. The van der Waals surface area contributed by atoms with Gasteiger partial charge in [0.1, 0.15) is 5.75 Å². The van der Waals surface area contributed by atoms with Gasteiger partial charge < -0.3 is 15.0 Å². The second kappa shape index (κ2) is 9.13. The molecule has 0 aliphatic rings. The molecule has 0 aliphatic heterocycles. The zero-order chi connectivity index (χ0) is 18.2. The number of hydrogen-bond donors (Lipinski definition) is 1. The van der Waals surface area contributed by atoms with Gasteiger partial charge in [0.15, 0.2) is 0 Å². The average molecular weight is 358 g/mol. The number of ether oxygens (including phenoxy) is 1. The molecule has 0 aliphatic carbocycles. The molecule has 0 heterocycles. The van der Waals surface area contributed by atoms with Crippen molar-refractivity contribution >= 4 is 23.6 Å². The monoisotopic (exact) mass is 358 g/mol. The summed E-state index contributed by atoms with van der Waals surface area (Å²) < 4.78 is 5.19.